The topological polar surface area (TPSA) is 370 Å². The lowest BCUT2D eigenvalue weighted by molar-refractivity contribution is -0.150. The number of unbranched alkanes of at least 4 members (excludes halogenated alkanes) is 1. The standard InChI is InChI=1S/C43H65N9O14S/c1-24(53)35(45)40(62)47-26(15-16-33(54)55)36(58)48-28(12-6-7-18-44)41(63)51-19-8-13-31(51)39(61)46-27(17-21-67-2)37(59)49-29(22-25-10-4-3-5-11-25)38(60)50-30(23-34(56)57)42(64)52-20-9-14-32(52)43(65)66/h3-5,10-11,24,26-32,35,53H,6-9,12-23,44-45H2,1-2H3,(H,46,61)(H,47,62)(H,48,58)(H,49,59)(H,50,60)(H,54,55)(H,56,57)(H,65,66)/t24-,26+,27+,28+,29+,30+,31+,32+,35+/m1/s1. The van der Waals surface area contributed by atoms with Gasteiger partial charge < -0.3 is 68.3 Å². The van der Waals surface area contributed by atoms with Gasteiger partial charge in [0, 0.05) is 25.9 Å². The van der Waals surface area contributed by atoms with E-state index in [0.29, 0.717) is 37.0 Å². The van der Waals surface area contributed by atoms with Crippen molar-refractivity contribution in [2.75, 3.05) is 31.6 Å². The first-order valence-electron chi connectivity index (χ1n) is 22.2. The largest absolute Gasteiger partial charge is 0.481 e. The molecule has 2 aliphatic heterocycles. The van der Waals surface area contributed by atoms with E-state index in [1.165, 1.54) is 23.6 Å². The van der Waals surface area contributed by atoms with Crippen LogP contribution < -0.4 is 38.1 Å². The van der Waals surface area contributed by atoms with Gasteiger partial charge in [0.15, 0.2) is 0 Å². The lowest BCUT2D eigenvalue weighted by Gasteiger charge is -2.31. The van der Waals surface area contributed by atoms with Gasteiger partial charge in [0.1, 0.15) is 48.3 Å². The number of hydrogen-bond acceptors (Lipinski definition) is 14. The number of nitrogens with one attached hydrogen (secondary N) is 5. The van der Waals surface area contributed by atoms with E-state index in [1.807, 2.05) is 0 Å². The molecule has 0 bridgehead atoms. The predicted octanol–water partition coefficient (Wildman–Crippen LogP) is -2.35. The number of nitrogens with zero attached hydrogens (tertiary/aromatic N) is 2. The molecule has 2 heterocycles. The number of aliphatic carboxylic acids is 3. The van der Waals surface area contributed by atoms with Crippen LogP contribution in [0.2, 0.25) is 0 Å². The van der Waals surface area contributed by atoms with E-state index < -0.39 is 127 Å². The van der Waals surface area contributed by atoms with Crippen LogP contribution in [0.3, 0.4) is 0 Å². The van der Waals surface area contributed by atoms with E-state index >= 15 is 0 Å². The van der Waals surface area contributed by atoms with Gasteiger partial charge in [-0.3, -0.25) is 43.2 Å². The van der Waals surface area contributed by atoms with Crippen molar-refractivity contribution >= 4 is 71.0 Å². The molecule has 0 aromatic heterocycles. The number of carbonyl (C=O) groups excluding carboxylic acids is 7. The van der Waals surface area contributed by atoms with Crippen molar-refractivity contribution in [3.63, 3.8) is 0 Å². The van der Waals surface area contributed by atoms with Gasteiger partial charge in [0.05, 0.1) is 12.5 Å². The quantitative estimate of drug-likeness (QED) is 0.0392. The molecule has 0 radical (unpaired) electrons. The predicted molar refractivity (Wildman–Crippen MR) is 242 cm³/mol. The first-order chi connectivity index (χ1) is 31.8. The number of carbonyl (C=O) groups is 10. The summed E-state index contributed by atoms with van der Waals surface area (Å²) in [6, 6.07) is -2.39. The zero-order valence-electron chi connectivity index (χ0n) is 37.7. The second kappa shape index (κ2) is 27.7. The first kappa shape index (κ1) is 55.5. The minimum absolute atomic E-state index is 0.0340. The Morgan fingerprint density at radius 3 is 1.79 bits per heavy atom. The normalized spacial score (nSPS) is 18.8. The van der Waals surface area contributed by atoms with Crippen LogP contribution in [0.25, 0.3) is 0 Å². The number of carboxylic acid groups (broad SMARTS) is 3. The van der Waals surface area contributed by atoms with E-state index in [4.69, 9.17) is 11.5 Å². The van der Waals surface area contributed by atoms with Gasteiger partial charge in [0.2, 0.25) is 41.4 Å². The lowest BCUT2D eigenvalue weighted by atomic mass is 10.0. The summed E-state index contributed by atoms with van der Waals surface area (Å²) in [7, 11) is 0. The molecule has 0 unspecified atom stereocenters. The van der Waals surface area contributed by atoms with Crippen LogP contribution in [0.5, 0.6) is 0 Å². The molecule has 1 aromatic rings. The number of carboxylic acids is 3. The van der Waals surface area contributed by atoms with Crippen LogP contribution in [0.15, 0.2) is 30.3 Å². The van der Waals surface area contributed by atoms with Crippen molar-refractivity contribution in [3.8, 4) is 0 Å². The van der Waals surface area contributed by atoms with E-state index in [0.717, 1.165) is 4.90 Å². The highest BCUT2D eigenvalue weighted by atomic mass is 32.2. The molecule has 3 rings (SSSR count). The number of hydrogen-bond donors (Lipinski definition) is 11. The summed E-state index contributed by atoms with van der Waals surface area (Å²) in [5, 5.41) is 51.2. The van der Waals surface area contributed by atoms with Crippen LogP contribution in [0, 0.1) is 0 Å². The third-order valence-corrected chi connectivity index (χ3v) is 12.1. The van der Waals surface area contributed by atoms with Crippen molar-refractivity contribution in [2.24, 2.45) is 11.5 Å². The Hall–Kier alpha value is -5.85. The number of thioether (sulfide) groups is 1. The summed E-state index contributed by atoms with van der Waals surface area (Å²) in [6.45, 7) is 1.64. The molecule has 23 nitrogen and oxygen atoms in total. The summed E-state index contributed by atoms with van der Waals surface area (Å²) in [5.74, 6) is -9.50. The number of aliphatic hydroxyl groups is 1. The van der Waals surface area contributed by atoms with Crippen molar-refractivity contribution in [1.29, 1.82) is 0 Å². The van der Waals surface area contributed by atoms with E-state index in [2.05, 4.69) is 26.6 Å². The molecule has 2 fully saturated rings. The number of nitrogens with two attached hydrogens (primary N) is 2. The maximum atomic E-state index is 14.3. The van der Waals surface area contributed by atoms with Crippen molar-refractivity contribution in [1.82, 2.24) is 36.4 Å². The Morgan fingerprint density at radius 2 is 1.22 bits per heavy atom. The highest BCUT2D eigenvalue weighted by Gasteiger charge is 2.42. The Labute approximate surface area is 392 Å². The molecule has 0 saturated carbocycles. The van der Waals surface area contributed by atoms with E-state index in [-0.39, 0.29) is 58.2 Å². The molecule has 7 amide bonds. The van der Waals surface area contributed by atoms with Crippen molar-refractivity contribution in [3.05, 3.63) is 35.9 Å². The zero-order chi connectivity index (χ0) is 49.8. The monoisotopic (exact) mass is 963 g/mol. The fraction of sp³-hybridized carbons (Fsp3) is 0.628. The van der Waals surface area contributed by atoms with Gasteiger partial charge in [-0.2, -0.15) is 11.8 Å². The first-order valence-corrected chi connectivity index (χ1v) is 23.6. The highest BCUT2D eigenvalue weighted by Crippen LogP contribution is 2.22. The Balaban J connectivity index is 1.86. The Kier molecular flexibility index (Phi) is 22.9. The molecule has 13 N–H and O–H groups in total. The van der Waals surface area contributed by atoms with E-state index in [1.54, 1.807) is 36.6 Å². The third kappa shape index (κ3) is 17.4. The summed E-state index contributed by atoms with van der Waals surface area (Å²) < 4.78 is 0. The number of aliphatic hydroxyl groups excluding tert-OH is 1. The van der Waals surface area contributed by atoms with Crippen LogP contribution >= 0.6 is 11.8 Å². The van der Waals surface area contributed by atoms with Crippen LogP contribution in [-0.4, -0.2) is 176 Å². The van der Waals surface area contributed by atoms with Crippen LogP contribution in [0.4, 0.5) is 0 Å². The summed E-state index contributed by atoms with van der Waals surface area (Å²) in [4.78, 5) is 134. The van der Waals surface area contributed by atoms with Crippen LogP contribution in [0.1, 0.15) is 83.1 Å². The molecule has 0 aliphatic carbocycles. The molecule has 1 aromatic carbocycles. The summed E-state index contributed by atoms with van der Waals surface area (Å²) >= 11 is 1.36. The molecule has 9 atom stereocenters. The minimum Gasteiger partial charge on any atom is -0.481 e. The summed E-state index contributed by atoms with van der Waals surface area (Å²) in [6.07, 6.45) is 0.514. The number of rotatable bonds is 28. The SMILES string of the molecule is CSCC[C@H](NC(=O)[C@@H]1CCCN1C(=O)[C@H](CCCCN)NC(=O)[C@H](CCC(=O)O)NC(=O)[C@@H](N)[C@@H](C)O)C(=O)N[C@@H](Cc1ccccc1)C(=O)N[C@@H](CC(=O)O)C(=O)N1CCC[C@H]1C(=O)O. The molecule has 2 aliphatic rings. The molecular weight excluding hydrogens is 899 g/mol. The maximum absolute atomic E-state index is 14.3. The van der Waals surface area contributed by atoms with Crippen LogP contribution in [-0.2, 0) is 54.4 Å². The Bertz CT molecular complexity index is 1910. The summed E-state index contributed by atoms with van der Waals surface area (Å²) in [5.41, 5.74) is 12.0. The minimum atomic E-state index is -1.68. The average molecular weight is 964 g/mol. The van der Waals surface area contributed by atoms with Gasteiger partial charge in [0.25, 0.3) is 0 Å². The fourth-order valence-corrected chi connectivity index (χ4v) is 8.26. The molecular formula is C43H65N9O14S. The molecule has 0 spiro atoms. The zero-order valence-corrected chi connectivity index (χ0v) is 38.5. The third-order valence-electron chi connectivity index (χ3n) is 11.5. The smallest absolute Gasteiger partial charge is 0.326 e. The Morgan fingerprint density at radius 1 is 0.687 bits per heavy atom. The van der Waals surface area contributed by atoms with Gasteiger partial charge >= 0.3 is 17.9 Å². The molecule has 24 heteroatoms. The molecule has 372 valence electrons. The van der Waals surface area contributed by atoms with Gasteiger partial charge in [-0.25, -0.2) is 4.79 Å². The molecule has 67 heavy (non-hydrogen) atoms. The number of amides is 7. The number of likely N-dealkylation sites (tertiary alicyclic amines) is 2. The van der Waals surface area contributed by atoms with Crippen molar-refractivity contribution in [2.45, 2.75) is 138 Å². The number of benzene rings is 1. The second-order valence-electron chi connectivity index (χ2n) is 16.6. The van der Waals surface area contributed by atoms with Gasteiger partial charge in [-0.15, -0.1) is 0 Å². The lowest BCUT2D eigenvalue weighted by Crippen LogP contribution is -2.60. The van der Waals surface area contributed by atoms with E-state index in [9.17, 15) is 68.4 Å². The molecule has 2 saturated heterocycles. The van der Waals surface area contributed by atoms with Gasteiger partial charge in [-0.1, -0.05) is 30.3 Å². The average Bonchev–Trinajstić information content (AvgIpc) is 3.99. The highest BCUT2D eigenvalue weighted by molar-refractivity contribution is 7.98. The maximum Gasteiger partial charge on any atom is 0.326 e. The van der Waals surface area contributed by atoms with Gasteiger partial charge in [-0.05, 0) is 88.8 Å². The van der Waals surface area contributed by atoms with Crippen molar-refractivity contribution < 1.29 is 68.4 Å². The fourth-order valence-electron chi connectivity index (χ4n) is 7.79. The second-order valence-corrected chi connectivity index (χ2v) is 17.6.